The Labute approximate surface area is 147 Å². The first-order valence-corrected chi connectivity index (χ1v) is 7.94. The highest BCUT2D eigenvalue weighted by Gasteiger charge is 2.08. The Balaban J connectivity index is 1.83. The van der Waals surface area contributed by atoms with Gasteiger partial charge in [-0.15, -0.1) is 0 Å². The molecule has 1 aromatic heterocycles. The standard InChI is InChI=1S/C16H13BrClN5/c17-10-1-5-12(6-2-10)22-15-14(19)16(21-9-20-15)23-13-7-3-11(18)4-8-13/h1-9H,19H2,(H2,20,21,22,23). The van der Waals surface area contributed by atoms with E-state index in [0.29, 0.717) is 22.3 Å². The zero-order chi connectivity index (χ0) is 16.2. The highest BCUT2D eigenvalue weighted by Crippen LogP contribution is 2.28. The van der Waals surface area contributed by atoms with Crippen LogP contribution < -0.4 is 16.4 Å². The second-order valence-corrected chi connectivity index (χ2v) is 6.10. The summed E-state index contributed by atoms with van der Waals surface area (Å²) >= 11 is 9.28. The number of anilines is 5. The van der Waals surface area contributed by atoms with Gasteiger partial charge in [0.05, 0.1) is 0 Å². The second-order valence-electron chi connectivity index (χ2n) is 4.75. The summed E-state index contributed by atoms with van der Waals surface area (Å²) in [6, 6.07) is 15.0. The normalized spacial score (nSPS) is 10.3. The molecule has 2 aromatic carbocycles. The predicted molar refractivity (Wildman–Crippen MR) is 98.6 cm³/mol. The Morgan fingerprint density at radius 1 is 0.826 bits per heavy atom. The summed E-state index contributed by atoms with van der Waals surface area (Å²) in [6.45, 7) is 0. The first-order chi connectivity index (χ1) is 11.1. The van der Waals surface area contributed by atoms with Gasteiger partial charge in [-0.1, -0.05) is 27.5 Å². The van der Waals surface area contributed by atoms with Gasteiger partial charge in [-0.25, -0.2) is 9.97 Å². The minimum absolute atomic E-state index is 0.436. The van der Waals surface area contributed by atoms with Gasteiger partial charge in [0.25, 0.3) is 0 Å². The van der Waals surface area contributed by atoms with Crippen molar-refractivity contribution in [3.63, 3.8) is 0 Å². The lowest BCUT2D eigenvalue weighted by Crippen LogP contribution is -2.05. The van der Waals surface area contributed by atoms with Crippen LogP contribution in [0.1, 0.15) is 0 Å². The smallest absolute Gasteiger partial charge is 0.159 e. The number of rotatable bonds is 4. The molecular formula is C16H13BrClN5. The zero-order valence-electron chi connectivity index (χ0n) is 11.9. The van der Waals surface area contributed by atoms with Crippen molar-refractivity contribution in [3.8, 4) is 0 Å². The van der Waals surface area contributed by atoms with Gasteiger partial charge in [0.1, 0.15) is 12.0 Å². The Morgan fingerprint density at radius 2 is 1.30 bits per heavy atom. The first kappa shape index (κ1) is 15.6. The number of halogens is 2. The van der Waals surface area contributed by atoms with E-state index in [0.717, 1.165) is 15.8 Å². The molecule has 0 aliphatic rings. The monoisotopic (exact) mass is 389 g/mol. The van der Waals surface area contributed by atoms with Crippen molar-refractivity contribution in [1.82, 2.24) is 9.97 Å². The molecule has 0 fully saturated rings. The lowest BCUT2D eigenvalue weighted by atomic mass is 10.3. The van der Waals surface area contributed by atoms with E-state index in [1.165, 1.54) is 6.33 Å². The molecule has 0 bridgehead atoms. The van der Waals surface area contributed by atoms with E-state index in [1.54, 1.807) is 12.1 Å². The maximum Gasteiger partial charge on any atom is 0.159 e. The molecule has 0 spiro atoms. The summed E-state index contributed by atoms with van der Waals surface area (Å²) in [5.74, 6) is 1.07. The topological polar surface area (TPSA) is 75.9 Å². The highest BCUT2D eigenvalue weighted by atomic mass is 79.9. The molecule has 0 saturated carbocycles. The highest BCUT2D eigenvalue weighted by molar-refractivity contribution is 9.10. The van der Waals surface area contributed by atoms with Crippen LogP contribution in [0.2, 0.25) is 5.02 Å². The molecule has 5 nitrogen and oxygen atoms in total. The van der Waals surface area contributed by atoms with Gasteiger partial charge in [-0.05, 0) is 48.5 Å². The molecule has 0 aliphatic carbocycles. The summed E-state index contributed by atoms with van der Waals surface area (Å²) in [5.41, 5.74) is 8.32. The Morgan fingerprint density at radius 3 is 1.83 bits per heavy atom. The van der Waals surface area contributed by atoms with Crippen LogP contribution in [-0.2, 0) is 0 Å². The van der Waals surface area contributed by atoms with Gasteiger partial charge >= 0.3 is 0 Å². The number of nitrogen functional groups attached to an aromatic ring is 1. The Bertz CT molecular complexity index is 740. The predicted octanol–water partition coefficient (Wildman–Crippen LogP) is 4.96. The van der Waals surface area contributed by atoms with Crippen LogP contribution in [0, 0.1) is 0 Å². The van der Waals surface area contributed by atoms with Gasteiger partial charge < -0.3 is 16.4 Å². The van der Waals surface area contributed by atoms with Gasteiger partial charge in [-0.2, -0.15) is 0 Å². The van der Waals surface area contributed by atoms with E-state index >= 15 is 0 Å². The fourth-order valence-electron chi connectivity index (χ4n) is 1.93. The number of hydrogen-bond acceptors (Lipinski definition) is 5. The molecule has 0 atom stereocenters. The number of aromatic nitrogens is 2. The third-order valence-corrected chi connectivity index (χ3v) is 3.88. The fourth-order valence-corrected chi connectivity index (χ4v) is 2.32. The van der Waals surface area contributed by atoms with Crippen molar-refractivity contribution in [3.05, 3.63) is 64.4 Å². The number of nitrogens with two attached hydrogens (primary N) is 1. The number of nitrogens with zero attached hydrogens (tertiary/aromatic N) is 2. The second kappa shape index (κ2) is 6.85. The van der Waals surface area contributed by atoms with E-state index in [1.807, 2.05) is 36.4 Å². The average Bonchev–Trinajstić information content (AvgIpc) is 2.55. The molecule has 4 N–H and O–H groups in total. The molecule has 116 valence electrons. The summed E-state index contributed by atoms with van der Waals surface area (Å²) in [6.07, 6.45) is 1.45. The van der Waals surface area contributed by atoms with E-state index in [4.69, 9.17) is 17.3 Å². The molecule has 23 heavy (non-hydrogen) atoms. The third kappa shape index (κ3) is 3.91. The van der Waals surface area contributed by atoms with Crippen LogP contribution in [0.25, 0.3) is 0 Å². The summed E-state index contributed by atoms with van der Waals surface area (Å²) < 4.78 is 1.00. The van der Waals surface area contributed by atoms with Gasteiger partial charge in [-0.3, -0.25) is 0 Å². The van der Waals surface area contributed by atoms with Crippen LogP contribution in [-0.4, -0.2) is 9.97 Å². The molecule has 0 saturated heterocycles. The fraction of sp³-hybridized carbons (Fsp3) is 0. The molecule has 7 heteroatoms. The van der Waals surface area contributed by atoms with Crippen LogP contribution >= 0.6 is 27.5 Å². The van der Waals surface area contributed by atoms with Gasteiger partial charge in [0.15, 0.2) is 11.6 Å². The Kier molecular flexibility index (Phi) is 4.64. The molecular weight excluding hydrogens is 378 g/mol. The van der Waals surface area contributed by atoms with Crippen LogP contribution in [0.5, 0.6) is 0 Å². The SMILES string of the molecule is Nc1c(Nc2ccc(Cl)cc2)ncnc1Nc1ccc(Br)cc1. The number of hydrogen-bond donors (Lipinski definition) is 3. The molecule has 0 unspecified atom stereocenters. The number of benzene rings is 2. The summed E-state index contributed by atoms with van der Waals surface area (Å²) in [7, 11) is 0. The van der Waals surface area contributed by atoms with Crippen molar-refractivity contribution >= 4 is 56.2 Å². The van der Waals surface area contributed by atoms with Crippen molar-refractivity contribution in [2.24, 2.45) is 0 Å². The maximum absolute atomic E-state index is 6.15. The molecule has 0 radical (unpaired) electrons. The largest absolute Gasteiger partial charge is 0.393 e. The minimum atomic E-state index is 0.436. The molecule has 3 rings (SSSR count). The van der Waals surface area contributed by atoms with Gasteiger partial charge in [0, 0.05) is 20.9 Å². The van der Waals surface area contributed by atoms with Crippen molar-refractivity contribution < 1.29 is 0 Å². The molecule has 1 heterocycles. The number of nitrogens with one attached hydrogen (secondary N) is 2. The molecule has 0 aliphatic heterocycles. The van der Waals surface area contributed by atoms with Crippen LogP contribution in [0.3, 0.4) is 0 Å². The van der Waals surface area contributed by atoms with E-state index in [9.17, 15) is 0 Å². The summed E-state index contributed by atoms with van der Waals surface area (Å²) in [5, 5.41) is 7.00. The van der Waals surface area contributed by atoms with Crippen molar-refractivity contribution in [2.75, 3.05) is 16.4 Å². The van der Waals surface area contributed by atoms with Gasteiger partial charge in [0.2, 0.25) is 0 Å². The minimum Gasteiger partial charge on any atom is -0.393 e. The quantitative estimate of drug-likeness (QED) is 0.587. The lowest BCUT2D eigenvalue weighted by molar-refractivity contribution is 1.17. The van der Waals surface area contributed by atoms with Crippen molar-refractivity contribution in [1.29, 1.82) is 0 Å². The summed E-state index contributed by atoms with van der Waals surface area (Å²) in [4.78, 5) is 8.38. The Hall–Kier alpha value is -2.31. The molecule has 3 aromatic rings. The van der Waals surface area contributed by atoms with E-state index in [2.05, 4.69) is 36.5 Å². The zero-order valence-corrected chi connectivity index (χ0v) is 14.3. The first-order valence-electron chi connectivity index (χ1n) is 6.77. The van der Waals surface area contributed by atoms with E-state index < -0.39 is 0 Å². The third-order valence-electron chi connectivity index (χ3n) is 3.10. The van der Waals surface area contributed by atoms with Crippen molar-refractivity contribution in [2.45, 2.75) is 0 Å². The maximum atomic E-state index is 6.15. The lowest BCUT2D eigenvalue weighted by Gasteiger charge is -2.12. The average molecular weight is 391 g/mol. The van der Waals surface area contributed by atoms with Crippen LogP contribution in [0.4, 0.5) is 28.7 Å². The molecule has 0 amide bonds. The van der Waals surface area contributed by atoms with E-state index in [-0.39, 0.29) is 0 Å². The van der Waals surface area contributed by atoms with Crippen LogP contribution in [0.15, 0.2) is 59.3 Å².